The molecule has 0 saturated heterocycles. The Morgan fingerprint density at radius 3 is 3.10 bits per heavy atom. The summed E-state index contributed by atoms with van der Waals surface area (Å²) in [6, 6.07) is 3.76. The summed E-state index contributed by atoms with van der Waals surface area (Å²) in [7, 11) is 0. The molecular weight excluding hydrogens is 306 g/mol. The van der Waals surface area contributed by atoms with Crippen LogP contribution in [-0.4, -0.2) is 25.8 Å². The fourth-order valence-corrected chi connectivity index (χ4v) is 3.61. The third-order valence-electron chi connectivity index (χ3n) is 2.87. The maximum atomic E-state index is 12.3. The Labute approximate surface area is 126 Å². The second kappa shape index (κ2) is 4.83. The minimum atomic E-state index is -0.223. The monoisotopic (exact) mass is 313 g/mol. The van der Waals surface area contributed by atoms with Gasteiger partial charge in [-0.1, -0.05) is 11.3 Å². The highest BCUT2D eigenvalue weighted by Crippen LogP contribution is 2.27. The Balaban J connectivity index is 1.69. The van der Waals surface area contributed by atoms with Gasteiger partial charge in [0.1, 0.15) is 6.33 Å². The van der Waals surface area contributed by atoms with Crippen LogP contribution in [0.25, 0.3) is 20.6 Å². The lowest BCUT2D eigenvalue weighted by atomic mass is 10.3. The van der Waals surface area contributed by atoms with E-state index in [2.05, 4.69) is 25.3 Å². The van der Waals surface area contributed by atoms with Gasteiger partial charge in [0, 0.05) is 17.8 Å². The normalized spacial score (nSPS) is 11.0. The van der Waals surface area contributed by atoms with E-state index in [9.17, 15) is 4.79 Å². The van der Waals surface area contributed by atoms with E-state index in [4.69, 9.17) is 0 Å². The van der Waals surface area contributed by atoms with Gasteiger partial charge in [0.05, 0.1) is 20.5 Å². The zero-order valence-corrected chi connectivity index (χ0v) is 12.1. The van der Waals surface area contributed by atoms with Gasteiger partial charge in [-0.05, 0) is 12.1 Å². The first kappa shape index (κ1) is 12.3. The molecule has 0 bridgehead atoms. The molecule has 4 aromatic heterocycles. The average Bonchev–Trinajstić information content (AvgIpc) is 3.10. The molecule has 0 radical (unpaired) electrons. The van der Waals surface area contributed by atoms with E-state index in [1.165, 1.54) is 29.0 Å². The smallest absolute Gasteiger partial charge is 0.260 e. The topological polar surface area (TPSA) is 80.7 Å². The fraction of sp³-hybridized carbons (Fsp3) is 0. The van der Waals surface area contributed by atoms with Crippen LogP contribution in [0.5, 0.6) is 0 Å². The summed E-state index contributed by atoms with van der Waals surface area (Å²) in [6.07, 6.45) is 4.82. The number of rotatable bonds is 2. The quantitative estimate of drug-likeness (QED) is 0.615. The summed E-state index contributed by atoms with van der Waals surface area (Å²) in [4.78, 5) is 28.9. The van der Waals surface area contributed by atoms with Gasteiger partial charge in [-0.2, -0.15) is 4.98 Å². The molecule has 4 rings (SSSR count). The third-order valence-corrected chi connectivity index (χ3v) is 4.70. The van der Waals surface area contributed by atoms with Crippen molar-refractivity contribution < 1.29 is 4.79 Å². The minimum Gasteiger partial charge on any atom is -0.298 e. The number of aromatic nitrogens is 4. The van der Waals surface area contributed by atoms with Crippen molar-refractivity contribution in [3.8, 4) is 0 Å². The number of hydrogen-bond acceptors (Lipinski definition) is 7. The molecule has 21 heavy (non-hydrogen) atoms. The van der Waals surface area contributed by atoms with E-state index >= 15 is 0 Å². The second-order valence-electron chi connectivity index (χ2n) is 4.18. The van der Waals surface area contributed by atoms with Crippen LogP contribution < -0.4 is 5.32 Å². The van der Waals surface area contributed by atoms with Crippen LogP contribution in [0.4, 0.5) is 5.13 Å². The van der Waals surface area contributed by atoms with Crippen molar-refractivity contribution in [3.05, 3.63) is 41.8 Å². The van der Waals surface area contributed by atoms with Gasteiger partial charge in [-0.25, -0.2) is 15.0 Å². The van der Waals surface area contributed by atoms with Crippen LogP contribution in [0.1, 0.15) is 10.4 Å². The largest absolute Gasteiger partial charge is 0.298 e. The molecule has 1 N–H and O–H groups in total. The number of nitrogens with one attached hydrogen (secondary N) is 1. The number of carbonyl (C=O) groups excluding carboxylic acids is 1. The average molecular weight is 313 g/mol. The number of pyridine rings is 1. The van der Waals surface area contributed by atoms with E-state index < -0.39 is 0 Å². The SMILES string of the molecule is O=C(Nc1nc2ncccc2s1)c1csc2cncnc12. The second-order valence-corrected chi connectivity index (χ2v) is 6.13. The molecule has 0 aromatic carbocycles. The fourth-order valence-electron chi connectivity index (χ4n) is 1.93. The van der Waals surface area contributed by atoms with Gasteiger partial charge in [-0.3, -0.25) is 10.1 Å². The molecule has 0 aliphatic heterocycles. The molecule has 0 spiro atoms. The number of nitrogens with zero attached hydrogens (tertiary/aromatic N) is 4. The molecule has 6 nitrogen and oxygen atoms in total. The summed E-state index contributed by atoms with van der Waals surface area (Å²) < 4.78 is 1.82. The first-order valence-corrected chi connectivity index (χ1v) is 7.71. The molecule has 102 valence electrons. The number of hydrogen-bond donors (Lipinski definition) is 1. The maximum absolute atomic E-state index is 12.3. The lowest BCUT2D eigenvalue weighted by molar-refractivity contribution is 0.102. The van der Waals surface area contributed by atoms with Crippen LogP contribution in [0.2, 0.25) is 0 Å². The molecule has 0 atom stereocenters. The van der Waals surface area contributed by atoms with Crippen LogP contribution in [-0.2, 0) is 0 Å². The van der Waals surface area contributed by atoms with Crippen LogP contribution in [0.3, 0.4) is 0 Å². The molecular formula is C13H7N5OS2. The molecule has 0 aliphatic carbocycles. The minimum absolute atomic E-state index is 0.223. The van der Waals surface area contributed by atoms with Crippen molar-refractivity contribution in [1.29, 1.82) is 0 Å². The predicted octanol–water partition coefficient (Wildman–Crippen LogP) is 2.95. The van der Waals surface area contributed by atoms with E-state index in [1.807, 2.05) is 12.1 Å². The lowest BCUT2D eigenvalue weighted by Gasteiger charge is -1.98. The number of thiazole rings is 1. The number of anilines is 1. The van der Waals surface area contributed by atoms with E-state index in [0.717, 1.165) is 9.40 Å². The number of thiophene rings is 1. The first-order chi connectivity index (χ1) is 10.3. The van der Waals surface area contributed by atoms with Gasteiger partial charge >= 0.3 is 0 Å². The highest BCUT2D eigenvalue weighted by molar-refractivity contribution is 7.22. The van der Waals surface area contributed by atoms with Crippen molar-refractivity contribution in [2.45, 2.75) is 0 Å². The number of fused-ring (bicyclic) bond motifs is 2. The first-order valence-electron chi connectivity index (χ1n) is 6.01. The summed E-state index contributed by atoms with van der Waals surface area (Å²) in [5.74, 6) is -0.223. The van der Waals surface area contributed by atoms with Crippen molar-refractivity contribution in [2.75, 3.05) is 5.32 Å². The highest BCUT2D eigenvalue weighted by Gasteiger charge is 2.15. The predicted molar refractivity (Wildman–Crippen MR) is 82.8 cm³/mol. The molecule has 4 aromatic rings. The Hall–Kier alpha value is -2.45. The van der Waals surface area contributed by atoms with E-state index in [-0.39, 0.29) is 5.91 Å². The van der Waals surface area contributed by atoms with Gasteiger partial charge in [0.25, 0.3) is 5.91 Å². The molecule has 0 aliphatic rings. The third kappa shape index (κ3) is 2.14. The van der Waals surface area contributed by atoms with Gasteiger partial charge in [-0.15, -0.1) is 11.3 Å². The molecule has 0 unspecified atom stereocenters. The van der Waals surface area contributed by atoms with Crippen LogP contribution >= 0.6 is 22.7 Å². The summed E-state index contributed by atoms with van der Waals surface area (Å²) in [6.45, 7) is 0. The zero-order valence-electron chi connectivity index (χ0n) is 10.5. The lowest BCUT2D eigenvalue weighted by Crippen LogP contribution is -2.11. The van der Waals surface area contributed by atoms with E-state index in [0.29, 0.717) is 21.9 Å². The van der Waals surface area contributed by atoms with Crippen LogP contribution in [0.15, 0.2) is 36.2 Å². The Bertz CT molecular complexity index is 928. The Kier molecular flexibility index (Phi) is 2.83. The number of carbonyl (C=O) groups is 1. The number of amides is 1. The van der Waals surface area contributed by atoms with E-state index in [1.54, 1.807) is 17.8 Å². The van der Waals surface area contributed by atoms with Crippen molar-refractivity contribution in [1.82, 2.24) is 19.9 Å². The molecule has 0 saturated carbocycles. The molecule has 8 heteroatoms. The van der Waals surface area contributed by atoms with Gasteiger partial charge in [0.2, 0.25) is 0 Å². The Morgan fingerprint density at radius 2 is 2.19 bits per heavy atom. The van der Waals surface area contributed by atoms with Gasteiger partial charge in [0.15, 0.2) is 10.8 Å². The van der Waals surface area contributed by atoms with Gasteiger partial charge < -0.3 is 0 Å². The van der Waals surface area contributed by atoms with Crippen molar-refractivity contribution in [3.63, 3.8) is 0 Å². The maximum Gasteiger partial charge on any atom is 0.260 e. The molecule has 0 fully saturated rings. The van der Waals surface area contributed by atoms with Crippen molar-refractivity contribution in [2.24, 2.45) is 0 Å². The summed E-state index contributed by atoms with van der Waals surface area (Å²) in [5, 5.41) is 5.11. The van der Waals surface area contributed by atoms with Crippen molar-refractivity contribution >= 4 is 54.3 Å². The standard InChI is InChI=1S/C13H7N5OS2/c19-12(7-5-20-9-4-14-6-16-10(7)9)18-13-17-11-8(21-13)2-1-3-15-11/h1-6H,(H,15,17,18,19). The molecule has 4 heterocycles. The highest BCUT2D eigenvalue weighted by atomic mass is 32.1. The molecule has 1 amide bonds. The van der Waals surface area contributed by atoms with Crippen LogP contribution in [0, 0.1) is 0 Å². The summed E-state index contributed by atoms with van der Waals surface area (Å²) in [5.41, 5.74) is 1.83. The zero-order chi connectivity index (χ0) is 14.2. The Morgan fingerprint density at radius 1 is 1.24 bits per heavy atom. The summed E-state index contributed by atoms with van der Waals surface area (Å²) >= 11 is 2.84.